The van der Waals surface area contributed by atoms with E-state index in [1.807, 2.05) is 0 Å². The Hall–Kier alpha value is -1.39. The third-order valence-corrected chi connectivity index (χ3v) is 6.23. The molecule has 1 aromatic rings. The molecule has 1 atom stereocenters. The minimum absolute atomic E-state index is 0.225. The highest BCUT2D eigenvalue weighted by atomic mass is 31.2. The quantitative estimate of drug-likeness (QED) is 0.620. The second-order valence-corrected chi connectivity index (χ2v) is 9.58. The molecule has 7 heteroatoms. The van der Waals surface area contributed by atoms with Crippen molar-refractivity contribution < 1.29 is 23.0 Å². The lowest BCUT2D eigenvalue weighted by Gasteiger charge is -2.36. The first-order chi connectivity index (χ1) is 10.4. The van der Waals surface area contributed by atoms with Crippen molar-refractivity contribution in [1.29, 1.82) is 0 Å². The molecule has 130 valence electrons. The van der Waals surface area contributed by atoms with Crippen LogP contribution in [0.15, 0.2) is 24.3 Å². The predicted molar refractivity (Wildman–Crippen MR) is 88.2 cm³/mol. The molecule has 23 heavy (non-hydrogen) atoms. The maximum absolute atomic E-state index is 13.4. The number of carbonyl (C=O) groups is 1. The van der Waals surface area contributed by atoms with Crippen molar-refractivity contribution in [3.8, 4) is 5.75 Å². The zero-order valence-corrected chi connectivity index (χ0v) is 15.4. The number of hydrogen-bond acceptors (Lipinski definition) is 4. The summed E-state index contributed by atoms with van der Waals surface area (Å²) in [4.78, 5) is 12.1. The van der Waals surface area contributed by atoms with E-state index in [0.717, 1.165) is 0 Å². The fraction of sp³-hybridized carbons (Fsp3) is 0.562. The highest BCUT2D eigenvalue weighted by Crippen LogP contribution is 2.56. The molecule has 0 aromatic heterocycles. The van der Waals surface area contributed by atoms with E-state index in [1.165, 1.54) is 24.3 Å². The van der Waals surface area contributed by atoms with E-state index in [-0.39, 0.29) is 12.4 Å². The monoisotopic (exact) mass is 345 g/mol. The van der Waals surface area contributed by atoms with Crippen LogP contribution in [0, 0.1) is 5.82 Å². The maximum atomic E-state index is 13.4. The van der Waals surface area contributed by atoms with Crippen LogP contribution in [0.4, 0.5) is 4.39 Å². The fourth-order valence-corrected chi connectivity index (χ4v) is 3.60. The van der Waals surface area contributed by atoms with Crippen LogP contribution in [-0.4, -0.2) is 23.3 Å². The Kier molecular flexibility index (Phi) is 6.00. The zero-order chi connectivity index (χ0) is 17.9. The predicted octanol–water partition coefficient (Wildman–Crippen LogP) is 4.13. The minimum Gasteiger partial charge on any atom is -0.465 e. The summed E-state index contributed by atoms with van der Waals surface area (Å²) in [6.45, 7) is 10.3. The number of carbonyl (C=O) groups excluding carboxylic acids is 1. The van der Waals surface area contributed by atoms with Crippen molar-refractivity contribution in [3.05, 3.63) is 30.1 Å². The first-order valence-corrected chi connectivity index (χ1v) is 9.06. The lowest BCUT2D eigenvalue weighted by molar-refractivity contribution is -0.149. The van der Waals surface area contributed by atoms with Gasteiger partial charge in [0.1, 0.15) is 17.1 Å². The minimum atomic E-state index is -3.51. The second-order valence-electron chi connectivity index (χ2n) is 6.72. The molecular weight excluding hydrogens is 320 g/mol. The van der Waals surface area contributed by atoms with Gasteiger partial charge in [0.05, 0.1) is 11.8 Å². The summed E-state index contributed by atoms with van der Waals surface area (Å²) in [5.74, 6) is -0.674. The highest BCUT2D eigenvalue weighted by molar-refractivity contribution is 7.59. The molecule has 0 saturated carbocycles. The van der Waals surface area contributed by atoms with Crippen LogP contribution in [0.3, 0.4) is 0 Å². The van der Waals surface area contributed by atoms with Gasteiger partial charge in [-0.2, -0.15) is 0 Å². The third-order valence-electron chi connectivity index (χ3n) is 3.14. The van der Waals surface area contributed by atoms with Gasteiger partial charge in [-0.15, -0.1) is 0 Å². The normalized spacial score (nSPS) is 14.9. The molecule has 5 nitrogen and oxygen atoms in total. The van der Waals surface area contributed by atoms with E-state index >= 15 is 0 Å². The van der Waals surface area contributed by atoms with Crippen molar-refractivity contribution in [2.24, 2.45) is 0 Å². The molecule has 0 heterocycles. The van der Waals surface area contributed by atoms with Gasteiger partial charge in [-0.3, -0.25) is 9.36 Å². The molecule has 0 aliphatic carbocycles. The van der Waals surface area contributed by atoms with Gasteiger partial charge in [-0.25, -0.2) is 9.48 Å². The molecule has 0 spiro atoms. The van der Waals surface area contributed by atoms with Crippen LogP contribution >= 0.6 is 7.52 Å². The number of nitrogens with one attached hydrogen (secondary N) is 1. The van der Waals surface area contributed by atoms with Gasteiger partial charge in [-0.05, 0) is 65.8 Å². The van der Waals surface area contributed by atoms with Crippen molar-refractivity contribution >= 4 is 13.5 Å². The molecule has 0 saturated heterocycles. The molecule has 0 unspecified atom stereocenters. The molecule has 1 rings (SSSR count). The van der Waals surface area contributed by atoms with E-state index in [9.17, 15) is 13.8 Å². The van der Waals surface area contributed by atoms with Gasteiger partial charge >= 0.3 is 13.5 Å². The summed E-state index contributed by atoms with van der Waals surface area (Å²) in [6, 6.07) is 5.23. The lowest BCUT2D eigenvalue weighted by Crippen LogP contribution is -2.49. The van der Waals surface area contributed by atoms with Crippen molar-refractivity contribution in [2.75, 3.05) is 6.61 Å². The summed E-state index contributed by atoms with van der Waals surface area (Å²) in [5.41, 5.74) is -1.20. The van der Waals surface area contributed by atoms with Gasteiger partial charge in [-0.1, -0.05) is 0 Å². The van der Waals surface area contributed by atoms with Gasteiger partial charge in [0.25, 0.3) is 0 Å². The molecule has 1 aromatic carbocycles. The van der Waals surface area contributed by atoms with Crippen LogP contribution in [0.1, 0.15) is 41.5 Å². The topological polar surface area (TPSA) is 64.6 Å². The molecule has 0 bridgehead atoms. The van der Waals surface area contributed by atoms with Crippen LogP contribution in [-0.2, 0) is 14.1 Å². The SMILES string of the molecule is CCOC(=O)C(C)(C)N[P@@](=O)(Oc1ccc(F)cc1)C(C)(C)C. The average molecular weight is 345 g/mol. The average Bonchev–Trinajstić information content (AvgIpc) is 2.40. The van der Waals surface area contributed by atoms with Gasteiger partial charge < -0.3 is 9.26 Å². The Bertz CT molecular complexity index is 593. The molecule has 0 amide bonds. The van der Waals surface area contributed by atoms with Crippen LogP contribution in [0.5, 0.6) is 5.75 Å². The van der Waals surface area contributed by atoms with E-state index in [1.54, 1.807) is 41.5 Å². The Morgan fingerprint density at radius 2 is 1.70 bits per heavy atom. The zero-order valence-electron chi connectivity index (χ0n) is 14.5. The van der Waals surface area contributed by atoms with E-state index in [2.05, 4.69) is 5.09 Å². The van der Waals surface area contributed by atoms with E-state index < -0.39 is 30.0 Å². The molecule has 0 aliphatic rings. The van der Waals surface area contributed by atoms with Crippen LogP contribution in [0.25, 0.3) is 0 Å². The molecule has 0 radical (unpaired) electrons. The summed E-state index contributed by atoms with van der Waals surface area (Å²) >= 11 is 0. The van der Waals surface area contributed by atoms with Gasteiger partial charge in [0.15, 0.2) is 0 Å². The van der Waals surface area contributed by atoms with Crippen molar-refractivity contribution in [1.82, 2.24) is 5.09 Å². The smallest absolute Gasteiger partial charge is 0.326 e. The molecule has 0 aliphatic heterocycles. The molecular formula is C16H25FNO4P. The molecule has 1 N–H and O–H groups in total. The van der Waals surface area contributed by atoms with E-state index in [0.29, 0.717) is 0 Å². The van der Waals surface area contributed by atoms with Gasteiger partial charge in [0.2, 0.25) is 0 Å². The van der Waals surface area contributed by atoms with E-state index in [4.69, 9.17) is 9.26 Å². The highest BCUT2D eigenvalue weighted by Gasteiger charge is 2.46. The summed E-state index contributed by atoms with van der Waals surface area (Å²) in [6.07, 6.45) is 0. The van der Waals surface area contributed by atoms with Crippen molar-refractivity contribution in [2.45, 2.75) is 52.2 Å². The summed E-state index contributed by atoms with van der Waals surface area (Å²) < 4.78 is 37.1. The third kappa shape index (κ3) is 5.05. The summed E-state index contributed by atoms with van der Waals surface area (Å²) in [7, 11) is -3.51. The van der Waals surface area contributed by atoms with Gasteiger partial charge in [0, 0.05) is 0 Å². The fourth-order valence-electron chi connectivity index (χ4n) is 1.70. The Balaban J connectivity index is 3.11. The Morgan fingerprint density at radius 3 is 2.13 bits per heavy atom. The lowest BCUT2D eigenvalue weighted by atomic mass is 10.1. The maximum Gasteiger partial charge on any atom is 0.326 e. The first-order valence-electron chi connectivity index (χ1n) is 7.43. The number of ether oxygens (including phenoxy) is 1. The Labute approximate surface area is 137 Å². The Morgan fingerprint density at radius 1 is 1.17 bits per heavy atom. The number of halogens is 1. The standard InChI is InChI=1S/C16H25FNO4P/c1-7-21-14(19)16(5,6)18-23(20,15(2,3)4)22-13-10-8-12(17)9-11-13/h8-11H,7H2,1-6H3,(H,18,20)/t23-/m0/s1. The van der Waals surface area contributed by atoms with Crippen LogP contribution in [0.2, 0.25) is 0 Å². The number of rotatable bonds is 6. The number of benzene rings is 1. The molecule has 0 fully saturated rings. The van der Waals surface area contributed by atoms with Crippen molar-refractivity contribution in [3.63, 3.8) is 0 Å². The number of hydrogen-bond donors (Lipinski definition) is 1. The van der Waals surface area contributed by atoms with Crippen LogP contribution < -0.4 is 9.61 Å². The number of esters is 1. The second kappa shape index (κ2) is 7.02. The largest absolute Gasteiger partial charge is 0.465 e. The summed E-state index contributed by atoms with van der Waals surface area (Å²) in [5, 5.41) is 2.04. The first kappa shape index (κ1) is 19.7.